The van der Waals surface area contributed by atoms with Crippen LogP contribution in [0.1, 0.15) is 40.7 Å². The van der Waals surface area contributed by atoms with E-state index in [0.717, 1.165) is 12.0 Å². The first kappa shape index (κ1) is 19.9. The minimum absolute atomic E-state index is 0.0140. The fraction of sp³-hybridized carbons (Fsp3) is 0.174. The zero-order chi connectivity index (χ0) is 21.3. The summed E-state index contributed by atoms with van der Waals surface area (Å²) in [4.78, 5) is 37.5. The summed E-state index contributed by atoms with van der Waals surface area (Å²) in [6.45, 7) is 2.15. The maximum absolute atomic E-state index is 12.5. The molecule has 0 unspecified atom stereocenters. The molecule has 7 heteroatoms. The number of anilines is 2. The van der Waals surface area contributed by atoms with E-state index >= 15 is 0 Å². The minimum atomic E-state index is -0.414. The van der Waals surface area contributed by atoms with Crippen molar-refractivity contribution in [3.8, 4) is 11.3 Å². The lowest BCUT2D eigenvalue weighted by molar-refractivity contribution is -0.117. The fourth-order valence-corrected chi connectivity index (χ4v) is 3.67. The van der Waals surface area contributed by atoms with Gasteiger partial charge in [0, 0.05) is 29.8 Å². The second kappa shape index (κ2) is 8.16. The summed E-state index contributed by atoms with van der Waals surface area (Å²) in [7, 11) is 0. The summed E-state index contributed by atoms with van der Waals surface area (Å²) in [5.41, 5.74) is 2.52. The van der Waals surface area contributed by atoms with Gasteiger partial charge in [0.25, 0.3) is 5.91 Å². The summed E-state index contributed by atoms with van der Waals surface area (Å²) in [5.74, 6) is 0.294. The van der Waals surface area contributed by atoms with Crippen molar-refractivity contribution in [3.05, 3.63) is 70.9 Å². The summed E-state index contributed by atoms with van der Waals surface area (Å²) >= 11 is 6.33. The van der Waals surface area contributed by atoms with Crippen molar-refractivity contribution >= 4 is 40.6 Å². The third-order valence-corrected chi connectivity index (χ3v) is 5.28. The number of nitrogens with one attached hydrogen (secondary N) is 1. The van der Waals surface area contributed by atoms with Gasteiger partial charge in [-0.15, -0.1) is 0 Å². The van der Waals surface area contributed by atoms with Crippen LogP contribution in [0.25, 0.3) is 11.3 Å². The number of halogens is 1. The SMILES string of the molecule is CC(=O)c1ccc(-c2ccc(C(=O)Nc3ccc(N4CCCC4=O)c(Cl)c3)o2)cc1. The average molecular weight is 423 g/mol. The number of carbonyl (C=O) groups is 3. The highest BCUT2D eigenvalue weighted by Crippen LogP contribution is 2.32. The van der Waals surface area contributed by atoms with Crippen LogP contribution >= 0.6 is 11.6 Å². The van der Waals surface area contributed by atoms with Crippen molar-refractivity contribution in [2.45, 2.75) is 19.8 Å². The van der Waals surface area contributed by atoms with Crippen LogP contribution in [0, 0.1) is 0 Å². The molecule has 1 fully saturated rings. The Balaban J connectivity index is 1.47. The number of nitrogens with zero attached hydrogens (tertiary/aromatic N) is 1. The highest BCUT2D eigenvalue weighted by molar-refractivity contribution is 6.34. The Hall–Kier alpha value is -3.38. The Morgan fingerprint density at radius 2 is 1.83 bits per heavy atom. The van der Waals surface area contributed by atoms with E-state index < -0.39 is 5.91 Å². The van der Waals surface area contributed by atoms with Crippen LogP contribution in [-0.4, -0.2) is 24.1 Å². The van der Waals surface area contributed by atoms with E-state index in [9.17, 15) is 14.4 Å². The lowest BCUT2D eigenvalue weighted by atomic mass is 10.1. The largest absolute Gasteiger partial charge is 0.451 e. The Morgan fingerprint density at radius 3 is 2.47 bits per heavy atom. The van der Waals surface area contributed by atoms with E-state index in [1.165, 1.54) is 6.92 Å². The maximum Gasteiger partial charge on any atom is 0.291 e. The third-order valence-electron chi connectivity index (χ3n) is 4.98. The Bertz CT molecular complexity index is 1130. The van der Waals surface area contributed by atoms with E-state index in [2.05, 4.69) is 5.32 Å². The third kappa shape index (κ3) is 4.00. The normalized spacial score (nSPS) is 13.5. The summed E-state index contributed by atoms with van der Waals surface area (Å²) in [6.07, 6.45) is 1.33. The summed E-state index contributed by atoms with van der Waals surface area (Å²) < 4.78 is 5.67. The molecule has 0 aliphatic carbocycles. The molecule has 1 aliphatic heterocycles. The van der Waals surface area contributed by atoms with Gasteiger partial charge in [-0.05, 0) is 43.7 Å². The first-order chi connectivity index (χ1) is 14.4. The van der Waals surface area contributed by atoms with Gasteiger partial charge in [0.05, 0.1) is 10.7 Å². The number of hydrogen-bond acceptors (Lipinski definition) is 4. The fourth-order valence-electron chi connectivity index (χ4n) is 3.38. The Morgan fingerprint density at radius 1 is 1.07 bits per heavy atom. The molecule has 0 atom stereocenters. The molecule has 4 rings (SSSR count). The molecular formula is C23H19ClN2O4. The molecule has 1 saturated heterocycles. The predicted molar refractivity (Wildman–Crippen MR) is 115 cm³/mol. The number of carbonyl (C=O) groups excluding carboxylic acids is 3. The monoisotopic (exact) mass is 422 g/mol. The zero-order valence-electron chi connectivity index (χ0n) is 16.3. The smallest absolute Gasteiger partial charge is 0.291 e. The van der Waals surface area contributed by atoms with E-state index in [4.69, 9.17) is 16.0 Å². The van der Waals surface area contributed by atoms with E-state index in [1.54, 1.807) is 59.5 Å². The zero-order valence-corrected chi connectivity index (χ0v) is 17.0. The van der Waals surface area contributed by atoms with Gasteiger partial charge in [-0.3, -0.25) is 14.4 Å². The molecule has 1 aliphatic rings. The molecule has 6 nitrogen and oxygen atoms in total. The number of amides is 2. The van der Waals surface area contributed by atoms with Crippen LogP contribution in [0.15, 0.2) is 59.0 Å². The molecule has 3 aromatic rings. The first-order valence-corrected chi connectivity index (χ1v) is 9.92. The van der Waals surface area contributed by atoms with Gasteiger partial charge in [0.1, 0.15) is 5.76 Å². The standard InChI is InChI=1S/C23H19ClN2O4/c1-14(27)15-4-6-16(7-5-15)20-10-11-21(30-20)23(29)25-17-8-9-19(18(24)13-17)26-12-2-3-22(26)28/h4-11,13H,2-3,12H2,1H3,(H,25,29). The van der Waals surface area contributed by atoms with Crippen LogP contribution in [0.5, 0.6) is 0 Å². The van der Waals surface area contributed by atoms with Crippen LogP contribution in [0.4, 0.5) is 11.4 Å². The van der Waals surface area contributed by atoms with Crippen LogP contribution in [0.3, 0.4) is 0 Å². The lowest BCUT2D eigenvalue weighted by Gasteiger charge is -2.18. The van der Waals surface area contributed by atoms with Crippen LogP contribution in [-0.2, 0) is 4.79 Å². The second-order valence-electron chi connectivity index (χ2n) is 7.07. The summed E-state index contributed by atoms with van der Waals surface area (Å²) in [5, 5.41) is 3.15. The van der Waals surface area contributed by atoms with Crippen molar-refractivity contribution in [1.82, 2.24) is 0 Å². The van der Waals surface area contributed by atoms with Crippen molar-refractivity contribution in [2.24, 2.45) is 0 Å². The van der Waals surface area contributed by atoms with Gasteiger partial charge < -0.3 is 14.6 Å². The Labute approximate surface area is 178 Å². The van der Waals surface area contributed by atoms with Crippen LogP contribution < -0.4 is 10.2 Å². The molecule has 2 heterocycles. The Kier molecular flexibility index (Phi) is 5.42. The van der Waals surface area contributed by atoms with Gasteiger partial charge in [-0.2, -0.15) is 0 Å². The number of benzene rings is 2. The molecule has 2 aromatic carbocycles. The number of furan rings is 1. The molecule has 0 spiro atoms. The minimum Gasteiger partial charge on any atom is -0.451 e. The average Bonchev–Trinajstić information content (AvgIpc) is 3.38. The van der Waals surface area contributed by atoms with E-state index in [0.29, 0.717) is 40.7 Å². The molecule has 30 heavy (non-hydrogen) atoms. The van der Waals surface area contributed by atoms with Crippen molar-refractivity contribution in [1.29, 1.82) is 0 Å². The topological polar surface area (TPSA) is 79.6 Å². The molecule has 2 amide bonds. The van der Waals surface area contributed by atoms with E-state index in [-0.39, 0.29) is 17.5 Å². The first-order valence-electron chi connectivity index (χ1n) is 9.55. The summed E-state index contributed by atoms with van der Waals surface area (Å²) in [6, 6.07) is 15.3. The molecule has 152 valence electrons. The number of ketones is 1. The van der Waals surface area contributed by atoms with Gasteiger partial charge in [0.15, 0.2) is 11.5 Å². The second-order valence-corrected chi connectivity index (χ2v) is 7.47. The van der Waals surface area contributed by atoms with Crippen molar-refractivity contribution in [3.63, 3.8) is 0 Å². The number of hydrogen-bond donors (Lipinski definition) is 1. The quantitative estimate of drug-likeness (QED) is 0.574. The molecule has 1 aromatic heterocycles. The van der Waals surface area contributed by atoms with E-state index in [1.807, 2.05) is 0 Å². The molecule has 0 saturated carbocycles. The molecule has 1 N–H and O–H groups in total. The van der Waals surface area contributed by atoms with Crippen LogP contribution in [0.2, 0.25) is 5.02 Å². The van der Waals surface area contributed by atoms with Crippen molar-refractivity contribution < 1.29 is 18.8 Å². The highest BCUT2D eigenvalue weighted by Gasteiger charge is 2.24. The number of rotatable bonds is 5. The lowest BCUT2D eigenvalue weighted by Crippen LogP contribution is -2.24. The number of Topliss-reactive ketones (excluding diaryl/α,β-unsaturated/α-hetero) is 1. The predicted octanol–water partition coefficient (Wildman–Crippen LogP) is 5.18. The van der Waals surface area contributed by atoms with Gasteiger partial charge in [-0.1, -0.05) is 35.9 Å². The van der Waals surface area contributed by atoms with Gasteiger partial charge >= 0.3 is 0 Å². The maximum atomic E-state index is 12.5. The van der Waals surface area contributed by atoms with Crippen molar-refractivity contribution in [2.75, 3.05) is 16.8 Å². The molecule has 0 bridgehead atoms. The van der Waals surface area contributed by atoms with Gasteiger partial charge in [-0.25, -0.2) is 0 Å². The van der Waals surface area contributed by atoms with Gasteiger partial charge in [0.2, 0.25) is 5.91 Å². The highest BCUT2D eigenvalue weighted by atomic mass is 35.5. The molecular weight excluding hydrogens is 404 g/mol. The molecule has 0 radical (unpaired) electrons.